The van der Waals surface area contributed by atoms with Gasteiger partial charge in [-0.3, -0.25) is 9.89 Å². The molecule has 2 aliphatic heterocycles. The Bertz CT molecular complexity index is 354. The van der Waals surface area contributed by atoms with Crippen molar-refractivity contribution >= 4 is 29.9 Å². The average Bonchev–Trinajstić information content (AvgIpc) is 3.24. The predicted molar refractivity (Wildman–Crippen MR) is 101 cm³/mol. The van der Waals surface area contributed by atoms with E-state index in [2.05, 4.69) is 20.5 Å². The first kappa shape index (κ1) is 18.3. The van der Waals surface area contributed by atoms with Crippen LogP contribution in [0.2, 0.25) is 0 Å². The molecule has 0 aromatic rings. The number of likely N-dealkylation sites (tertiary alicyclic amines) is 1. The van der Waals surface area contributed by atoms with Crippen molar-refractivity contribution < 1.29 is 4.74 Å². The molecule has 22 heavy (non-hydrogen) atoms. The number of nitrogens with zero attached hydrogens (tertiary/aromatic N) is 2. The first-order valence-electron chi connectivity index (χ1n) is 8.68. The van der Waals surface area contributed by atoms with Gasteiger partial charge < -0.3 is 15.4 Å². The highest BCUT2D eigenvalue weighted by Gasteiger charge is 2.30. The van der Waals surface area contributed by atoms with Crippen LogP contribution in [0.15, 0.2) is 4.99 Å². The lowest BCUT2D eigenvalue weighted by molar-refractivity contribution is 0.113. The third-order valence-electron chi connectivity index (χ3n) is 5.15. The standard InChI is InChI=1S/C16H30N4O.HI/c1-17-16(18-11-15-7-4-10-21-15)19-13-8-9-20(12-13)14-5-2-3-6-14;/h13-15H,2-12H2,1H3,(H2,17,18,19);1H. The number of ether oxygens (including phenoxy) is 1. The van der Waals surface area contributed by atoms with Crippen molar-refractivity contribution in [2.24, 2.45) is 4.99 Å². The van der Waals surface area contributed by atoms with Crippen LogP contribution < -0.4 is 10.6 Å². The number of guanidine groups is 1. The van der Waals surface area contributed by atoms with Gasteiger partial charge in [0.25, 0.3) is 0 Å². The van der Waals surface area contributed by atoms with Gasteiger partial charge in [-0.15, -0.1) is 24.0 Å². The smallest absolute Gasteiger partial charge is 0.191 e. The molecule has 0 aromatic heterocycles. The van der Waals surface area contributed by atoms with E-state index in [1.807, 2.05) is 7.05 Å². The van der Waals surface area contributed by atoms with E-state index in [0.717, 1.165) is 25.2 Å². The van der Waals surface area contributed by atoms with Gasteiger partial charge in [-0.1, -0.05) is 12.8 Å². The molecule has 3 aliphatic rings. The maximum Gasteiger partial charge on any atom is 0.191 e. The summed E-state index contributed by atoms with van der Waals surface area (Å²) in [5, 5.41) is 7.00. The first-order valence-corrected chi connectivity index (χ1v) is 8.68. The molecule has 1 saturated carbocycles. The summed E-state index contributed by atoms with van der Waals surface area (Å²) in [6.45, 7) is 4.20. The Morgan fingerprint density at radius 1 is 1.18 bits per heavy atom. The number of hydrogen-bond acceptors (Lipinski definition) is 3. The highest BCUT2D eigenvalue weighted by atomic mass is 127. The number of hydrogen-bond donors (Lipinski definition) is 2. The van der Waals surface area contributed by atoms with Crippen molar-refractivity contribution in [1.29, 1.82) is 0 Å². The number of halogens is 1. The minimum Gasteiger partial charge on any atom is -0.376 e. The normalized spacial score (nSPS) is 30.5. The fourth-order valence-electron chi connectivity index (χ4n) is 3.91. The Balaban J connectivity index is 0.00000176. The van der Waals surface area contributed by atoms with Crippen molar-refractivity contribution in [1.82, 2.24) is 15.5 Å². The highest BCUT2D eigenvalue weighted by Crippen LogP contribution is 2.26. The third-order valence-corrected chi connectivity index (χ3v) is 5.15. The number of nitrogens with one attached hydrogen (secondary N) is 2. The molecule has 5 nitrogen and oxygen atoms in total. The van der Waals surface area contributed by atoms with Gasteiger partial charge in [-0.25, -0.2) is 0 Å². The van der Waals surface area contributed by atoms with Crippen molar-refractivity contribution in [3.8, 4) is 0 Å². The van der Waals surface area contributed by atoms with Crippen LogP contribution in [-0.2, 0) is 4.74 Å². The van der Waals surface area contributed by atoms with E-state index in [4.69, 9.17) is 4.74 Å². The summed E-state index contributed by atoms with van der Waals surface area (Å²) in [7, 11) is 1.86. The molecule has 0 aromatic carbocycles. The zero-order valence-electron chi connectivity index (χ0n) is 13.7. The van der Waals surface area contributed by atoms with Crippen LogP contribution >= 0.6 is 24.0 Å². The maximum absolute atomic E-state index is 5.65. The molecule has 2 N–H and O–H groups in total. The minimum absolute atomic E-state index is 0. The van der Waals surface area contributed by atoms with Gasteiger partial charge in [-0.2, -0.15) is 0 Å². The molecular formula is C16H31IN4O. The van der Waals surface area contributed by atoms with Crippen molar-refractivity contribution in [3.63, 3.8) is 0 Å². The number of aliphatic imine (C=N–C) groups is 1. The highest BCUT2D eigenvalue weighted by molar-refractivity contribution is 14.0. The van der Waals surface area contributed by atoms with E-state index in [-0.39, 0.29) is 24.0 Å². The molecule has 128 valence electrons. The fourth-order valence-corrected chi connectivity index (χ4v) is 3.91. The maximum atomic E-state index is 5.65. The largest absolute Gasteiger partial charge is 0.376 e. The van der Waals surface area contributed by atoms with Gasteiger partial charge in [0.05, 0.1) is 6.10 Å². The fraction of sp³-hybridized carbons (Fsp3) is 0.938. The second-order valence-electron chi connectivity index (χ2n) is 6.65. The summed E-state index contributed by atoms with van der Waals surface area (Å²) in [6.07, 6.45) is 9.60. The molecule has 2 unspecified atom stereocenters. The molecule has 3 rings (SSSR count). The van der Waals surface area contributed by atoms with Crippen LogP contribution in [-0.4, -0.2) is 62.3 Å². The molecule has 0 bridgehead atoms. The van der Waals surface area contributed by atoms with Crippen molar-refractivity contribution in [3.05, 3.63) is 0 Å². The lowest BCUT2D eigenvalue weighted by atomic mass is 10.2. The van der Waals surface area contributed by atoms with E-state index in [1.165, 1.54) is 58.0 Å². The molecule has 0 amide bonds. The van der Waals surface area contributed by atoms with Gasteiger partial charge in [0.15, 0.2) is 5.96 Å². The molecule has 1 aliphatic carbocycles. The van der Waals surface area contributed by atoms with Crippen LogP contribution in [0.25, 0.3) is 0 Å². The van der Waals surface area contributed by atoms with Crippen LogP contribution in [0.4, 0.5) is 0 Å². The summed E-state index contributed by atoms with van der Waals surface area (Å²) in [4.78, 5) is 7.03. The predicted octanol–water partition coefficient (Wildman–Crippen LogP) is 1.97. The van der Waals surface area contributed by atoms with Gasteiger partial charge in [0.1, 0.15) is 0 Å². The van der Waals surface area contributed by atoms with Gasteiger partial charge in [0.2, 0.25) is 0 Å². The molecule has 6 heteroatoms. The summed E-state index contributed by atoms with van der Waals surface area (Å²) < 4.78 is 5.65. The average molecular weight is 422 g/mol. The minimum atomic E-state index is 0. The van der Waals surface area contributed by atoms with E-state index >= 15 is 0 Å². The topological polar surface area (TPSA) is 48.9 Å². The van der Waals surface area contributed by atoms with E-state index in [1.54, 1.807) is 0 Å². The Kier molecular flexibility index (Phi) is 7.70. The second kappa shape index (κ2) is 9.27. The summed E-state index contributed by atoms with van der Waals surface area (Å²) in [5.41, 5.74) is 0. The SMILES string of the molecule is CN=C(NCC1CCCO1)NC1CCN(C2CCCC2)C1.I. The van der Waals surface area contributed by atoms with Gasteiger partial charge in [-0.05, 0) is 32.1 Å². The van der Waals surface area contributed by atoms with Gasteiger partial charge >= 0.3 is 0 Å². The Hall–Kier alpha value is -0.0800. The summed E-state index contributed by atoms with van der Waals surface area (Å²) in [6, 6.07) is 1.39. The molecule has 2 heterocycles. The van der Waals surface area contributed by atoms with E-state index in [0.29, 0.717) is 12.1 Å². The zero-order valence-corrected chi connectivity index (χ0v) is 16.1. The molecule has 0 spiro atoms. The van der Waals surface area contributed by atoms with Crippen LogP contribution in [0.1, 0.15) is 44.9 Å². The quantitative estimate of drug-likeness (QED) is 0.413. The van der Waals surface area contributed by atoms with Crippen molar-refractivity contribution in [2.45, 2.75) is 63.1 Å². The lowest BCUT2D eigenvalue weighted by Crippen LogP contribution is -2.47. The Morgan fingerprint density at radius 2 is 2.00 bits per heavy atom. The van der Waals surface area contributed by atoms with Crippen LogP contribution in [0, 0.1) is 0 Å². The van der Waals surface area contributed by atoms with E-state index < -0.39 is 0 Å². The molecular weight excluding hydrogens is 391 g/mol. The Labute approximate surface area is 151 Å². The number of rotatable bonds is 4. The zero-order chi connectivity index (χ0) is 14.5. The van der Waals surface area contributed by atoms with Gasteiger partial charge in [0, 0.05) is 45.4 Å². The third kappa shape index (κ3) is 4.96. The summed E-state index contributed by atoms with van der Waals surface area (Å²) in [5.74, 6) is 0.934. The molecule has 0 radical (unpaired) electrons. The Morgan fingerprint density at radius 3 is 2.68 bits per heavy atom. The first-order chi connectivity index (χ1) is 10.3. The monoisotopic (exact) mass is 422 g/mol. The van der Waals surface area contributed by atoms with E-state index in [9.17, 15) is 0 Å². The lowest BCUT2D eigenvalue weighted by Gasteiger charge is -2.24. The summed E-state index contributed by atoms with van der Waals surface area (Å²) >= 11 is 0. The van der Waals surface area contributed by atoms with Crippen LogP contribution in [0.5, 0.6) is 0 Å². The van der Waals surface area contributed by atoms with Crippen molar-refractivity contribution in [2.75, 3.05) is 33.3 Å². The molecule has 3 fully saturated rings. The second-order valence-corrected chi connectivity index (χ2v) is 6.65. The molecule has 2 saturated heterocycles. The van der Waals surface area contributed by atoms with Crippen LogP contribution in [0.3, 0.4) is 0 Å². The molecule has 2 atom stereocenters.